The minimum atomic E-state index is -0.0230. The van der Waals surface area contributed by atoms with Crippen LogP contribution in [0.1, 0.15) is 25.7 Å². The van der Waals surface area contributed by atoms with Crippen molar-refractivity contribution in [2.24, 2.45) is 11.8 Å². The van der Waals surface area contributed by atoms with E-state index in [1.54, 1.807) is 0 Å². The average Bonchev–Trinajstić information content (AvgIpc) is 3.10. The fourth-order valence-electron chi connectivity index (χ4n) is 5.11. The van der Waals surface area contributed by atoms with Crippen LogP contribution in [0.5, 0.6) is 0 Å². The first-order valence-corrected chi connectivity index (χ1v) is 9.60. The summed E-state index contributed by atoms with van der Waals surface area (Å²) in [5.74, 6) is 1.14. The van der Waals surface area contributed by atoms with E-state index in [1.807, 2.05) is 35.4 Å². The largest absolute Gasteiger partial charge is 0.361 e. The molecule has 2 bridgehead atoms. The highest BCUT2D eigenvalue weighted by molar-refractivity contribution is 5.93. The third-order valence-corrected chi connectivity index (χ3v) is 6.27. The molecule has 3 aliphatic heterocycles. The van der Waals surface area contributed by atoms with E-state index in [4.69, 9.17) is 0 Å². The summed E-state index contributed by atoms with van der Waals surface area (Å²) in [5.41, 5.74) is 1.89. The predicted molar refractivity (Wildman–Crippen MR) is 99.8 cm³/mol. The van der Waals surface area contributed by atoms with E-state index in [9.17, 15) is 9.59 Å². The second-order valence-electron chi connectivity index (χ2n) is 7.98. The maximum absolute atomic E-state index is 12.8. The van der Waals surface area contributed by atoms with Gasteiger partial charge in [-0.2, -0.15) is 0 Å². The summed E-state index contributed by atoms with van der Waals surface area (Å²) in [7, 11) is 0. The summed E-state index contributed by atoms with van der Waals surface area (Å²) in [6.07, 6.45) is 5.82. The first-order valence-electron chi connectivity index (χ1n) is 9.60. The van der Waals surface area contributed by atoms with Gasteiger partial charge in [-0.25, -0.2) is 4.79 Å². The lowest BCUT2D eigenvalue weighted by atomic mass is 9.76. The van der Waals surface area contributed by atoms with E-state index in [0.717, 1.165) is 55.5 Å². The minimum absolute atomic E-state index is 0.0230. The lowest BCUT2D eigenvalue weighted by Gasteiger charge is -2.52. The number of benzene rings is 1. The Bertz CT molecular complexity index is 860. The Morgan fingerprint density at radius 1 is 1.19 bits per heavy atom. The molecule has 0 unspecified atom stereocenters. The van der Waals surface area contributed by atoms with Crippen LogP contribution in [0.4, 0.5) is 10.5 Å². The van der Waals surface area contributed by atoms with E-state index in [0.29, 0.717) is 30.2 Å². The van der Waals surface area contributed by atoms with E-state index in [-0.39, 0.29) is 6.03 Å². The molecule has 3 fully saturated rings. The van der Waals surface area contributed by atoms with Gasteiger partial charge in [-0.05, 0) is 55.4 Å². The number of piperidine rings is 3. The standard InChI is InChI=1S/C20H24N4O2/c25-19-3-1-2-18-15-8-13(11-24(18)19)10-23(12-15)20(26)22-16-4-5-17-14(9-16)6-7-21-17/h4-7,9,13,15,18,21H,1-3,8,10-12H2,(H,22,26)/t13-,15+,18+/m1/s1. The number of fused-ring (bicyclic) bond motifs is 5. The van der Waals surface area contributed by atoms with E-state index in [1.165, 1.54) is 0 Å². The van der Waals surface area contributed by atoms with Crippen molar-refractivity contribution in [1.29, 1.82) is 0 Å². The third kappa shape index (κ3) is 2.64. The molecule has 2 aromatic rings. The summed E-state index contributed by atoms with van der Waals surface area (Å²) in [5, 5.41) is 4.15. The molecule has 0 aliphatic carbocycles. The van der Waals surface area contributed by atoms with Crippen molar-refractivity contribution in [2.45, 2.75) is 31.7 Å². The zero-order chi connectivity index (χ0) is 17.7. The molecule has 136 valence electrons. The molecule has 3 amide bonds. The minimum Gasteiger partial charge on any atom is -0.361 e. The van der Waals surface area contributed by atoms with Gasteiger partial charge in [-0.3, -0.25) is 4.79 Å². The van der Waals surface area contributed by atoms with Gasteiger partial charge in [-0.1, -0.05) is 0 Å². The van der Waals surface area contributed by atoms with Crippen LogP contribution in [0.15, 0.2) is 30.5 Å². The van der Waals surface area contributed by atoms with Gasteiger partial charge < -0.3 is 20.1 Å². The van der Waals surface area contributed by atoms with Crippen LogP contribution in [0.2, 0.25) is 0 Å². The molecule has 6 nitrogen and oxygen atoms in total. The number of aromatic amines is 1. The Morgan fingerprint density at radius 2 is 2.12 bits per heavy atom. The van der Waals surface area contributed by atoms with Crippen LogP contribution >= 0.6 is 0 Å². The van der Waals surface area contributed by atoms with Crippen LogP contribution < -0.4 is 5.32 Å². The zero-order valence-electron chi connectivity index (χ0n) is 14.8. The number of rotatable bonds is 1. The number of hydrogen-bond acceptors (Lipinski definition) is 2. The quantitative estimate of drug-likeness (QED) is 0.828. The lowest BCUT2D eigenvalue weighted by Crippen LogP contribution is -2.61. The molecule has 3 saturated heterocycles. The summed E-state index contributed by atoms with van der Waals surface area (Å²) >= 11 is 0. The number of nitrogens with zero attached hydrogens (tertiary/aromatic N) is 2. The van der Waals surface area contributed by atoms with Gasteiger partial charge >= 0.3 is 6.03 Å². The molecule has 3 atom stereocenters. The van der Waals surface area contributed by atoms with E-state index >= 15 is 0 Å². The summed E-state index contributed by atoms with van der Waals surface area (Å²) < 4.78 is 0. The molecular weight excluding hydrogens is 328 g/mol. The molecule has 5 rings (SSSR count). The molecule has 0 spiro atoms. The average molecular weight is 352 g/mol. The smallest absolute Gasteiger partial charge is 0.321 e. The molecule has 4 heterocycles. The van der Waals surface area contributed by atoms with Crippen molar-refractivity contribution < 1.29 is 9.59 Å². The van der Waals surface area contributed by atoms with Crippen LogP contribution in [0.25, 0.3) is 10.9 Å². The van der Waals surface area contributed by atoms with Crippen LogP contribution in [-0.4, -0.2) is 52.4 Å². The second kappa shape index (κ2) is 6.04. The van der Waals surface area contributed by atoms with Gasteiger partial charge in [0.25, 0.3) is 0 Å². The SMILES string of the molecule is O=C(Nc1ccc2[nH]ccc2c1)N1C[C@H]2C[C@@H](C1)[C@@H]1CCCC(=O)N1C2. The van der Waals surface area contributed by atoms with Gasteiger partial charge in [0.2, 0.25) is 5.91 Å². The highest BCUT2D eigenvalue weighted by Crippen LogP contribution is 2.38. The molecule has 2 N–H and O–H groups in total. The molecule has 0 saturated carbocycles. The Kier molecular flexibility index (Phi) is 3.65. The second-order valence-corrected chi connectivity index (χ2v) is 7.98. The number of amides is 3. The topological polar surface area (TPSA) is 68.4 Å². The lowest BCUT2D eigenvalue weighted by molar-refractivity contribution is -0.144. The van der Waals surface area contributed by atoms with Crippen LogP contribution in [0, 0.1) is 11.8 Å². The summed E-state index contributed by atoms with van der Waals surface area (Å²) in [6, 6.07) is 8.23. The van der Waals surface area contributed by atoms with Crippen molar-refractivity contribution in [3.8, 4) is 0 Å². The first-order chi connectivity index (χ1) is 12.7. The number of nitrogens with one attached hydrogen (secondary N) is 2. The van der Waals surface area contributed by atoms with Crippen molar-refractivity contribution in [1.82, 2.24) is 14.8 Å². The van der Waals surface area contributed by atoms with Gasteiger partial charge in [0.05, 0.1) is 0 Å². The molecule has 1 aromatic heterocycles. The van der Waals surface area contributed by atoms with Crippen LogP contribution in [-0.2, 0) is 4.79 Å². The Balaban J connectivity index is 1.30. The fraction of sp³-hybridized carbons (Fsp3) is 0.500. The maximum atomic E-state index is 12.8. The van der Waals surface area contributed by atoms with Gasteiger partial charge in [0, 0.05) is 54.9 Å². The highest BCUT2D eigenvalue weighted by atomic mass is 16.2. The van der Waals surface area contributed by atoms with Gasteiger partial charge in [0.1, 0.15) is 0 Å². The van der Waals surface area contributed by atoms with E-state index < -0.39 is 0 Å². The van der Waals surface area contributed by atoms with Crippen molar-refractivity contribution in [3.05, 3.63) is 30.5 Å². The van der Waals surface area contributed by atoms with Gasteiger partial charge in [0.15, 0.2) is 0 Å². The monoisotopic (exact) mass is 352 g/mol. The number of H-pyrrole nitrogens is 1. The number of urea groups is 1. The normalized spacial score (nSPS) is 28.2. The Hall–Kier alpha value is -2.50. The summed E-state index contributed by atoms with van der Waals surface area (Å²) in [4.78, 5) is 32.3. The maximum Gasteiger partial charge on any atom is 0.321 e. The molecule has 26 heavy (non-hydrogen) atoms. The predicted octanol–water partition coefficient (Wildman–Crippen LogP) is 3.03. The molecule has 3 aliphatic rings. The molecule has 1 aromatic carbocycles. The molecular formula is C20H24N4O2. The number of carbonyl (C=O) groups is 2. The fourth-order valence-corrected chi connectivity index (χ4v) is 5.11. The van der Waals surface area contributed by atoms with E-state index in [2.05, 4.69) is 15.2 Å². The molecule has 6 heteroatoms. The van der Waals surface area contributed by atoms with Crippen molar-refractivity contribution >= 4 is 28.5 Å². The molecule has 0 radical (unpaired) electrons. The number of likely N-dealkylation sites (tertiary alicyclic amines) is 1. The number of carbonyl (C=O) groups excluding carboxylic acids is 2. The third-order valence-electron chi connectivity index (χ3n) is 6.27. The first kappa shape index (κ1) is 15.7. The highest BCUT2D eigenvalue weighted by Gasteiger charge is 2.44. The van der Waals surface area contributed by atoms with Gasteiger partial charge in [-0.15, -0.1) is 0 Å². The number of hydrogen-bond donors (Lipinski definition) is 2. The van der Waals surface area contributed by atoms with Crippen molar-refractivity contribution in [2.75, 3.05) is 25.0 Å². The number of aromatic nitrogens is 1. The Labute approximate surface area is 152 Å². The Morgan fingerprint density at radius 3 is 3.04 bits per heavy atom. The summed E-state index contributed by atoms with van der Waals surface area (Å²) in [6.45, 7) is 2.31. The number of anilines is 1. The zero-order valence-corrected chi connectivity index (χ0v) is 14.8. The van der Waals surface area contributed by atoms with Crippen LogP contribution in [0.3, 0.4) is 0 Å². The van der Waals surface area contributed by atoms with Crippen molar-refractivity contribution in [3.63, 3.8) is 0 Å².